The second-order valence-electron chi connectivity index (χ2n) is 2.81. The SMILES string of the molecule is COC(=O)C(CC1OC=CO1)C(=O)OC. The van der Waals surface area contributed by atoms with Gasteiger partial charge in [-0.15, -0.1) is 0 Å². The van der Waals surface area contributed by atoms with Crippen LogP contribution in [-0.2, 0) is 28.5 Å². The summed E-state index contributed by atoms with van der Waals surface area (Å²) in [5.41, 5.74) is 0. The van der Waals surface area contributed by atoms with Gasteiger partial charge in [-0.3, -0.25) is 9.59 Å². The van der Waals surface area contributed by atoms with Gasteiger partial charge in [0.25, 0.3) is 0 Å². The van der Waals surface area contributed by atoms with Crippen LogP contribution in [0.15, 0.2) is 12.5 Å². The molecule has 0 aliphatic carbocycles. The molecule has 15 heavy (non-hydrogen) atoms. The Kier molecular flexibility index (Phi) is 3.96. The van der Waals surface area contributed by atoms with Crippen molar-refractivity contribution in [2.24, 2.45) is 5.92 Å². The van der Waals surface area contributed by atoms with E-state index in [9.17, 15) is 9.59 Å². The summed E-state index contributed by atoms with van der Waals surface area (Å²) in [7, 11) is 2.40. The molecule has 1 heterocycles. The predicted octanol–water partition coefficient (Wildman–Crippen LogP) is 0.183. The molecule has 0 fully saturated rings. The monoisotopic (exact) mass is 216 g/mol. The number of carbonyl (C=O) groups excluding carboxylic acids is 2. The zero-order chi connectivity index (χ0) is 11.3. The molecular formula is C9H12O6. The molecular weight excluding hydrogens is 204 g/mol. The van der Waals surface area contributed by atoms with E-state index < -0.39 is 24.1 Å². The molecule has 6 nitrogen and oxygen atoms in total. The highest BCUT2D eigenvalue weighted by atomic mass is 16.7. The maximum absolute atomic E-state index is 11.2. The minimum absolute atomic E-state index is 0.0619. The summed E-state index contributed by atoms with van der Waals surface area (Å²) in [6, 6.07) is 0. The molecule has 0 unspecified atom stereocenters. The second kappa shape index (κ2) is 5.23. The molecule has 0 spiro atoms. The summed E-state index contributed by atoms with van der Waals surface area (Å²) < 4.78 is 18.9. The van der Waals surface area contributed by atoms with E-state index in [0.29, 0.717) is 0 Å². The fourth-order valence-corrected chi connectivity index (χ4v) is 1.15. The molecule has 0 bridgehead atoms. The summed E-state index contributed by atoms with van der Waals surface area (Å²) >= 11 is 0. The Morgan fingerprint density at radius 1 is 1.20 bits per heavy atom. The Bertz CT molecular complexity index is 248. The third-order valence-electron chi connectivity index (χ3n) is 1.92. The van der Waals surface area contributed by atoms with Crippen LogP contribution in [0.1, 0.15) is 6.42 Å². The molecule has 1 rings (SSSR count). The number of hydrogen-bond acceptors (Lipinski definition) is 6. The molecule has 84 valence electrons. The number of carbonyl (C=O) groups is 2. The highest BCUT2D eigenvalue weighted by Crippen LogP contribution is 2.17. The maximum atomic E-state index is 11.2. The maximum Gasteiger partial charge on any atom is 0.320 e. The summed E-state index contributed by atoms with van der Waals surface area (Å²) in [6.45, 7) is 0. The minimum atomic E-state index is -1.02. The molecule has 0 atom stereocenters. The molecule has 0 radical (unpaired) electrons. The fourth-order valence-electron chi connectivity index (χ4n) is 1.15. The van der Waals surface area contributed by atoms with Crippen molar-refractivity contribution in [1.82, 2.24) is 0 Å². The van der Waals surface area contributed by atoms with Crippen molar-refractivity contribution in [3.8, 4) is 0 Å². The molecule has 0 saturated carbocycles. The van der Waals surface area contributed by atoms with Crippen LogP contribution in [0.25, 0.3) is 0 Å². The smallest absolute Gasteiger partial charge is 0.320 e. The Morgan fingerprint density at radius 2 is 1.67 bits per heavy atom. The topological polar surface area (TPSA) is 71.1 Å². The van der Waals surface area contributed by atoms with Crippen molar-refractivity contribution in [2.45, 2.75) is 12.7 Å². The second-order valence-corrected chi connectivity index (χ2v) is 2.81. The van der Waals surface area contributed by atoms with Gasteiger partial charge in [0.05, 0.1) is 14.2 Å². The zero-order valence-corrected chi connectivity index (χ0v) is 8.47. The van der Waals surface area contributed by atoms with Crippen molar-refractivity contribution >= 4 is 11.9 Å². The third kappa shape index (κ3) is 2.87. The van der Waals surface area contributed by atoms with Gasteiger partial charge in [0, 0.05) is 6.42 Å². The van der Waals surface area contributed by atoms with Crippen LogP contribution in [0, 0.1) is 5.92 Å². The number of methoxy groups -OCH3 is 2. The van der Waals surface area contributed by atoms with Crippen LogP contribution in [0.5, 0.6) is 0 Å². The largest absolute Gasteiger partial charge is 0.468 e. The van der Waals surface area contributed by atoms with E-state index >= 15 is 0 Å². The molecule has 1 aliphatic rings. The van der Waals surface area contributed by atoms with E-state index in [4.69, 9.17) is 9.47 Å². The Balaban J connectivity index is 2.55. The highest BCUT2D eigenvalue weighted by molar-refractivity contribution is 5.94. The van der Waals surface area contributed by atoms with Crippen LogP contribution in [0.2, 0.25) is 0 Å². The minimum Gasteiger partial charge on any atom is -0.468 e. The molecule has 0 aromatic carbocycles. The van der Waals surface area contributed by atoms with Gasteiger partial charge in [-0.2, -0.15) is 0 Å². The van der Waals surface area contributed by atoms with Crippen molar-refractivity contribution in [2.75, 3.05) is 14.2 Å². The quantitative estimate of drug-likeness (QED) is 0.493. The lowest BCUT2D eigenvalue weighted by Crippen LogP contribution is -2.30. The van der Waals surface area contributed by atoms with Crippen molar-refractivity contribution in [1.29, 1.82) is 0 Å². The van der Waals surface area contributed by atoms with Crippen LogP contribution in [0.3, 0.4) is 0 Å². The zero-order valence-electron chi connectivity index (χ0n) is 8.47. The molecule has 0 aromatic rings. The normalized spacial score (nSPS) is 14.6. The first-order valence-corrected chi connectivity index (χ1v) is 4.30. The summed E-state index contributed by atoms with van der Waals surface area (Å²) in [6.07, 6.45) is 2.10. The van der Waals surface area contributed by atoms with Gasteiger partial charge in [-0.25, -0.2) is 0 Å². The first kappa shape index (κ1) is 11.4. The van der Waals surface area contributed by atoms with Crippen LogP contribution >= 0.6 is 0 Å². The Morgan fingerprint density at radius 3 is 2.07 bits per heavy atom. The molecule has 1 aliphatic heterocycles. The Hall–Kier alpha value is -1.72. The predicted molar refractivity (Wildman–Crippen MR) is 47.2 cm³/mol. The average Bonchev–Trinajstić information content (AvgIpc) is 2.76. The van der Waals surface area contributed by atoms with E-state index in [1.807, 2.05) is 0 Å². The third-order valence-corrected chi connectivity index (χ3v) is 1.92. The number of esters is 2. The number of hydrogen-bond donors (Lipinski definition) is 0. The van der Waals surface area contributed by atoms with E-state index in [1.54, 1.807) is 0 Å². The van der Waals surface area contributed by atoms with E-state index in [-0.39, 0.29) is 6.42 Å². The van der Waals surface area contributed by atoms with E-state index in [1.165, 1.54) is 26.7 Å². The van der Waals surface area contributed by atoms with E-state index in [2.05, 4.69) is 9.47 Å². The van der Waals surface area contributed by atoms with Gasteiger partial charge >= 0.3 is 11.9 Å². The molecule has 6 heteroatoms. The number of ether oxygens (including phenoxy) is 4. The molecule has 0 aromatic heterocycles. The summed E-state index contributed by atoms with van der Waals surface area (Å²) in [5, 5.41) is 0. The first-order chi connectivity index (χ1) is 7.19. The van der Waals surface area contributed by atoms with Gasteiger partial charge in [-0.1, -0.05) is 0 Å². The lowest BCUT2D eigenvalue weighted by Gasteiger charge is -2.15. The van der Waals surface area contributed by atoms with Gasteiger partial charge in [0.2, 0.25) is 6.29 Å². The van der Waals surface area contributed by atoms with Crippen LogP contribution in [0.4, 0.5) is 0 Å². The van der Waals surface area contributed by atoms with Gasteiger partial charge < -0.3 is 18.9 Å². The van der Waals surface area contributed by atoms with Crippen LogP contribution in [-0.4, -0.2) is 32.4 Å². The van der Waals surface area contributed by atoms with Crippen molar-refractivity contribution in [3.63, 3.8) is 0 Å². The summed E-state index contributed by atoms with van der Waals surface area (Å²) in [4.78, 5) is 22.5. The van der Waals surface area contributed by atoms with Gasteiger partial charge in [-0.05, 0) is 0 Å². The highest BCUT2D eigenvalue weighted by Gasteiger charge is 2.33. The number of rotatable bonds is 4. The Labute approximate surface area is 86.7 Å². The van der Waals surface area contributed by atoms with Gasteiger partial charge in [0.15, 0.2) is 5.92 Å². The lowest BCUT2D eigenvalue weighted by molar-refractivity contribution is -0.163. The molecule has 0 amide bonds. The standard InChI is InChI=1S/C9H12O6/c1-12-8(10)6(9(11)13-2)5-7-14-3-4-15-7/h3-4,6-7H,5H2,1-2H3. The molecule has 0 saturated heterocycles. The van der Waals surface area contributed by atoms with E-state index in [0.717, 1.165) is 0 Å². The van der Waals surface area contributed by atoms with Crippen LogP contribution < -0.4 is 0 Å². The van der Waals surface area contributed by atoms with Gasteiger partial charge in [0.1, 0.15) is 12.5 Å². The fraction of sp³-hybridized carbons (Fsp3) is 0.556. The molecule has 0 N–H and O–H groups in total. The summed E-state index contributed by atoms with van der Waals surface area (Å²) in [5.74, 6) is -2.35. The lowest BCUT2D eigenvalue weighted by atomic mass is 10.1. The van der Waals surface area contributed by atoms with Crippen molar-refractivity contribution in [3.05, 3.63) is 12.5 Å². The van der Waals surface area contributed by atoms with Crippen molar-refractivity contribution < 1.29 is 28.5 Å². The first-order valence-electron chi connectivity index (χ1n) is 4.30. The average molecular weight is 216 g/mol.